The number of carbonyl (C=O) groups is 1. The van der Waals surface area contributed by atoms with Gasteiger partial charge in [0.1, 0.15) is 6.10 Å². The number of fused-ring (bicyclic) bond motifs is 2. The number of rotatable bonds is 3. The predicted octanol–water partition coefficient (Wildman–Crippen LogP) is 5.03. The summed E-state index contributed by atoms with van der Waals surface area (Å²) in [6.07, 6.45) is 1.89. The third-order valence-corrected chi connectivity index (χ3v) is 9.54. The van der Waals surface area contributed by atoms with E-state index in [-0.39, 0.29) is 53.2 Å². The van der Waals surface area contributed by atoms with E-state index in [4.69, 9.17) is 4.74 Å². The van der Waals surface area contributed by atoms with Crippen LogP contribution >= 0.6 is 0 Å². The van der Waals surface area contributed by atoms with Crippen LogP contribution in [0, 0.1) is 29.6 Å². The Morgan fingerprint density at radius 3 is 2.66 bits per heavy atom. The van der Waals surface area contributed by atoms with Crippen molar-refractivity contribution >= 4 is 21.9 Å². The minimum Gasteiger partial charge on any atom is -0.462 e. The molecule has 2 saturated heterocycles. The highest BCUT2D eigenvalue weighted by Gasteiger charge is 2.55. The van der Waals surface area contributed by atoms with Crippen LogP contribution < -0.4 is 0 Å². The molecular formula is C26H26F3NO4S. The first kappa shape index (κ1) is 24.0. The van der Waals surface area contributed by atoms with Crippen molar-refractivity contribution < 1.29 is 31.1 Å². The van der Waals surface area contributed by atoms with Crippen LogP contribution in [-0.2, 0) is 25.5 Å². The quantitative estimate of drug-likeness (QED) is 0.547. The van der Waals surface area contributed by atoms with E-state index in [1.54, 1.807) is 24.4 Å². The number of nitrogens with zero attached hydrogens (tertiary/aromatic N) is 1. The number of sulfone groups is 1. The van der Waals surface area contributed by atoms with Gasteiger partial charge in [0.15, 0.2) is 9.84 Å². The van der Waals surface area contributed by atoms with E-state index >= 15 is 0 Å². The molecule has 6 atom stereocenters. The molecule has 2 aromatic rings. The van der Waals surface area contributed by atoms with E-state index in [1.165, 1.54) is 6.07 Å². The van der Waals surface area contributed by atoms with E-state index in [1.807, 2.05) is 19.1 Å². The Morgan fingerprint density at radius 1 is 1.14 bits per heavy atom. The molecule has 0 spiro atoms. The molecule has 5 nitrogen and oxygen atoms in total. The van der Waals surface area contributed by atoms with Crippen molar-refractivity contribution in [1.29, 1.82) is 0 Å². The number of alkyl halides is 3. The maximum absolute atomic E-state index is 13.0. The van der Waals surface area contributed by atoms with Gasteiger partial charge in [0.05, 0.1) is 28.7 Å². The first-order valence-electron chi connectivity index (χ1n) is 11.7. The molecule has 1 saturated carbocycles. The number of benzene rings is 1. The van der Waals surface area contributed by atoms with Crippen molar-refractivity contribution in [3.8, 4) is 11.1 Å². The van der Waals surface area contributed by atoms with Crippen LogP contribution in [0.5, 0.6) is 0 Å². The molecule has 35 heavy (non-hydrogen) atoms. The summed E-state index contributed by atoms with van der Waals surface area (Å²) < 4.78 is 69.2. The summed E-state index contributed by atoms with van der Waals surface area (Å²) in [6, 6.07) is 8.60. The Hall–Kier alpha value is -2.68. The Labute approximate surface area is 202 Å². The second kappa shape index (κ2) is 8.76. The van der Waals surface area contributed by atoms with Crippen LogP contribution in [0.2, 0.25) is 0 Å². The number of hydrogen-bond donors (Lipinski definition) is 0. The van der Waals surface area contributed by atoms with Crippen molar-refractivity contribution in [3.05, 3.63) is 59.9 Å². The zero-order valence-electron chi connectivity index (χ0n) is 19.1. The van der Waals surface area contributed by atoms with Gasteiger partial charge in [-0.25, -0.2) is 8.42 Å². The highest BCUT2D eigenvalue weighted by molar-refractivity contribution is 7.91. The summed E-state index contributed by atoms with van der Waals surface area (Å²) in [5, 5.41) is 0. The van der Waals surface area contributed by atoms with E-state index in [9.17, 15) is 26.4 Å². The summed E-state index contributed by atoms with van der Waals surface area (Å²) in [4.78, 5) is 16.9. The molecule has 5 rings (SSSR count). The maximum atomic E-state index is 13.0. The molecule has 186 valence electrons. The topological polar surface area (TPSA) is 73.3 Å². The van der Waals surface area contributed by atoms with Crippen molar-refractivity contribution in [2.24, 2.45) is 29.6 Å². The fourth-order valence-corrected chi connectivity index (χ4v) is 7.98. The standard InChI is InChI=1S/C26H26F3NO4S/c1-15-24-22(21-9-10-35(32,33)14-18(21)12-23(24)25(31)34-15)8-7-20-6-5-17(13-30-20)16-3-2-4-19(11-16)26(27,28)29/h2-8,11,13,15,18,21-24H,9-10,12,14H2,1H3/b8-7+/t15-,18?,21?,22?,23?,24?/m1/s1. The first-order valence-corrected chi connectivity index (χ1v) is 13.6. The predicted molar refractivity (Wildman–Crippen MR) is 125 cm³/mol. The molecule has 2 aliphatic heterocycles. The minimum absolute atomic E-state index is 0.00909. The van der Waals surface area contributed by atoms with Crippen LogP contribution in [0.1, 0.15) is 31.0 Å². The SMILES string of the molecule is C[C@H]1OC(=O)C2CC3CS(=O)(=O)CCC3C(/C=C/c3ccc(-c4cccc(C(F)(F)F)c4)cn3)C21. The smallest absolute Gasteiger partial charge is 0.416 e. The Morgan fingerprint density at radius 2 is 1.94 bits per heavy atom. The van der Waals surface area contributed by atoms with Gasteiger partial charge in [-0.05, 0) is 67.4 Å². The molecular weight excluding hydrogens is 479 g/mol. The number of carbonyl (C=O) groups excluding carboxylic acids is 1. The number of pyridine rings is 1. The number of hydrogen-bond acceptors (Lipinski definition) is 5. The van der Waals surface area contributed by atoms with Gasteiger partial charge in [-0.2, -0.15) is 13.2 Å². The van der Waals surface area contributed by atoms with E-state index in [2.05, 4.69) is 4.98 Å². The number of esters is 1. The van der Waals surface area contributed by atoms with Crippen LogP contribution in [0.3, 0.4) is 0 Å². The summed E-state index contributed by atoms with van der Waals surface area (Å²) in [6.45, 7) is 1.89. The van der Waals surface area contributed by atoms with Crippen LogP contribution in [0.25, 0.3) is 17.2 Å². The summed E-state index contributed by atoms with van der Waals surface area (Å²) >= 11 is 0. The monoisotopic (exact) mass is 505 g/mol. The third kappa shape index (κ3) is 4.75. The molecule has 3 heterocycles. The number of allylic oxidation sites excluding steroid dienone is 1. The summed E-state index contributed by atoms with van der Waals surface area (Å²) in [5.41, 5.74) is 0.935. The second-order valence-corrected chi connectivity index (χ2v) is 12.1. The lowest BCUT2D eigenvalue weighted by molar-refractivity contribution is -0.144. The van der Waals surface area contributed by atoms with Crippen LogP contribution in [0.15, 0.2) is 48.7 Å². The molecule has 5 unspecified atom stereocenters. The lowest BCUT2D eigenvalue weighted by Gasteiger charge is -2.45. The molecule has 3 fully saturated rings. The average Bonchev–Trinajstić information content (AvgIpc) is 3.09. The third-order valence-electron chi connectivity index (χ3n) is 7.74. The minimum atomic E-state index is -4.41. The average molecular weight is 506 g/mol. The number of halogens is 3. The van der Waals surface area contributed by atoms with Crippen molar-refractivity contribution in [1.82, 2.24) is 4.98 Å². The molecule has 1 aliphatic carbocycles. The molecule has 9 heteroatoms. The molecule has 0 N–H and O–H groups in total. The van der Waals surface area contributed by atoms with Crippen molar-refractivity contribution in [2.45, 2.75) is 32.0 Å². The number of cyclic esters (lactones) is 1. The summed E-state index contributed by atoms with van der Waals surface area (Å²) in [7, 11) is -3.11. The Balaban J connectivity index is 1.39. The lowest BCUT2D eigenvalue weighted by Crippen LogP contribution is -2.47. The van der Waals surface area contributed by atoms with Gasteiger partial charge in [0.25, 0.3) is 0 Å². The number of ether oxygens (including phenoxy) is 1. The highest BCUT2D eigenvalue weighted by atomic mass is 32.2. The van der Waals surface area contributed by atoms with E-state index in [0.717, 1.165) is 12.1 Å². The van der Waals surface area contributed by atoms with Crippen molar-refractivity contribution in [3.63, 3.8) is 0 Å². The first-order chi connectivity index (χ1) is 16.5. The van der Waals surface area contributed by atoms with Gasteiger partial charge in [-0.1, -0.05) is 24.3 Å². The second-order valence-electron chi connectivity index (χ2n) is 9.88. The van der Waals surface area contributed by atoms with Crippen LogP contribution in [-0.4, -0.2) is 37.0 Å². The van der Waals surface area contributed by atoms with Gasteiger partial charge in [0, 0.05) is 17.7 Å². The normalized spacial score (nSPS) is 32.2. The zero-order chi connectivity index (χ0) is 25.0. The fourth-order valence-electron chi connectivity index (χ4n) is 6.14. The lowest BCUT2D eigenvalue weighted by atomic mass is 9.60. The van der Waals surface area contributed by atoms with Crippen LogP contribution in [0.4, 0.5) is 13.2 Å². The molecule has 0 bridgehead atoms. The Bertz CT molecular complexity index is 1260. The molecule has 0 radical (unpaired) electrons. The van der Waals surface area contributed by atoms with Gasteiger partial charge in [0.2, 0.25) is 0 Å². The molecule has 1 aromatic carbocycles. The Kier molecular flexibility index (Phi) is 6.02. The van der Waals surface area contributed by atoms with Gasteiger partial charge in [-0.3, -0.25) is 9.78 Å². The molecule has 1 aromatic heterocycles. The largest absolute Gasteiger partial charge is 0.462 e. The van der Waals surface area contributed by atoms with Crippen molar-refractivity contribution in [2.75, 3.05) is 11.5 Å². The summed E-state index contributed by atoms with van der Waals surface area (Å²) in [5.74, 6) is -0.224. The van der Waals surface area contributed by atoms with Gasteiger partial charge >= 0.3 is 12.1 Å². The molecule has 3 aliphatic rings. The van der Waals surface area contributed by atoms with Gasteiger partial charge in [-0.15, -0.1) is 0 Å². The highest BCUT2D eigenvalue weighted by Crippen LogP contribution is 2.52. The zero-order valence-corrected chi connectivity index (χ0v) is 19.9. The number of aromatic nitrogens is 1. The van der Waals surface area contributed by atoms with E-state index < -0.39 is 21.6 Å². The molecule has 0 amide bonds. The van der Waals surface area contributed by atoms with Gasteiger partial charge < -0.3 is 4.74 Å². The maximum Gasteiger partial charge on any atom is 0.416 e. The van der Waals surface area contributed by atoms with E-state index in [0.29, 0.717) is 29.7 Å². The fraction of sp³-hybridized carbons (Fsp3) is 0.462.